The molecule has 3 atom stereocenters. The molecule has 0 radical (unpaired) electrons. The second kappa shape index (κ2) is 16.7. The van der Waals surface area contributed by atoms with Crippen LogP contribution in [0, 0.1) is 11.8 Å². The minimum Gasteiger partial charge on any atom is -0.407 e. The molecular formula is C26H45BN2O5. The van der Waals surface area contributed by atoms with Gasteiger partial charge in [-0.2, -0.15) is 0 Å². The highest BCUT2D eigenvalue weighted by molar-refractivity contribution is 6.47. The van der Waals surface area contributed by atoms with Crippen LogP contribution in [0.25, 0.3) is 0 Å². The summed E-state index contributed by atoms with van der Waals surface area (Å²) in [5.74, 6) is -0.358. The number of rotatable bonds is 9. The number of fused-ring (bicyclic) bond motifs is 1. The van der Waals surface area contributed by atoms with E-state index in [1.165, 1.54) is 11.1 Å². The molecule has 7 nitrogen and oxygen atoms in total. The summed E-state index contributed by atoms with van der Waals surface area (Å²) < 4.78 is 11.1. The number of aliphatic hydroxyl groups is 1. The molecule has 3 unspecified atom stereocenters. The Bertz CT molecular complexity index is 725. The summed E-state index contributed by atoms with van der Waals surface area (Å²) in [6, 6.07) is 7.35. The van der Waals surface area contributed by atoms with E-state index in [1.807, 2.05) is 39.8 Å². The Balaban J connectivity index is 0.00000137. The Morgan fingerprint density at radius 1 is 1.06 bits per heavy atom. The van der Waals surface area contributed by atoms with Crippen LogP contribution < -0.4 is 10.6 Å². The van der Waals surface area contributed by atoms with Crippen molar-refractivity contribution in [2.24, 2.45) is 11.8 Å². The van der Waals surface area contributed by atoms with Crippen molar-refractivity contribution >= 4 is 18.9 Å². The fraction of sp³-hybridized carbons (Fsp3) is 0.692. The van der Waals surface area contributed by atoms with E-state index < -0.39 is 25.7 Å². The number of carbonyl (C=O) groups excluding carboxylic acids is 2. The van der Waals surface area contributed by atoms with Gasteiger partial charge in [0.05, 0.1) is 25.8 Å². The maximum Gasteiger partial charge on any atom is 0.481 e. The van der Waals surface area contributed by atoms with Crippen molar-refractivity contribution in [1.29, 1.82) is 0 Å². The van der Waals surface area contributed by atoms with Crippen molar-refractivity contribution in [2.75, 3.05) is 19.8 Å². The van der Waals surface area contributed by atoms with Gasteiger partial charge in [-0.15, -0.1) is 0 Å². The molecule has 192 valence electrons. The summed E-state index contributed by atoms with van der Waals surface area (Å²) in [7, 11) is -0.492. The minimum atomic E-state index is -0.982. The number of aryl methyl sites for hydroxylation is 1. The molecule has 2 amide bonds. The Hall–Kier alpha value is -1.90. The lowest BCUT2D eigenvalue weighted by Crippen LogP contribution is -2.55. The van der Waals surface area contributed by atoms with Gasteiger partial charge < -0.3 is 25.0 Å². The third-order valence-electron chi connectivity index (χ3n) is 5.79. The summed E-state index contributed by atoms with van der Waals surface area (Å²) in [5.41, 5.74) is 2.65. The molecule has 1 saturated heterocycles. The Morgan fingerprint density at radius 3 is 2.26 bits per heavy atom. The second-order valence-electron chi connectivity index (χ2n) is 8.74. The van der Waals surface area contributed by atoms with Crippen molar-refractivity contribution in [3.05, 3.63) is 35.4 Å². The van der Waals surface area contributed by atoms with Gasteiger partial charge in [-0.25, -0.2) is 0 Å². The molecule has 8 heteroatoms. The molecule has 1 aliphatic heterocycles. The number of nitrogens with one attached hydrogen (secondary N) is 2. The summed E-state index contributed by atoms with van der Waals surface area (Å²) in [6.07, 6.45) is 3.82. The first-order valence-electron chi connectivity index (χ1n) is 13.0. The second-order valence-corrected chi connectivity index (χ2v) is 8.74. The zero-order chi connectivity index (χ0) is 25.5. The standard InChI is InChI=1S/C22H33BN2O5.2C2H6/c1-15(2)11-20(23-29-9-10-30-23)25-22(28)19(14-26)24-21(27)13-16-7-8-17-5-3-4-6-18(17)12-16;2*1-2/h3-6,15-16,19-20,26H,7-14H2,1-2H3,(H,24,27)(H,25,28);2*1-2H3. The fourth-order valence-corrected chi connectivity index (χ4v) is 4.30. The molecule has 1 aromatic carbocycles. The van der Waals surface area contributed by atoms with Crippen LogP contribution in [0.3, 0.4) is 0 Å². The van der Waals surface area contributed by atoms with Crippen LogP contribution in [0.5, 0.6) is 0 Å². The zero-order valence-electron chi connectivity index (χ0n) is 21.9. The SMILES string of the molecule is CC.CC.CC(C)CC(NC(=O)C(CO)NC(=O)CC1CCc2ccccc2C1)B1OCCO1. The van der Waals surface area contributed by atoms with Gasteiger partial charge in [0, 0.05) is 6.42 Å². The van der Waals surface area contributed by atoms with Crippen LogP contribution in [-0.4, -0.2) is 55.8 Å². The van der Waals surface area contributed by atoms with Crippen molar-refractivity contribution in [2.45, 2.75) is 85.6 Å². The van der Waals surface area contributed by atoms with Crippen LogP contribution in [0.4, 0.5) is 0 Å². The maximum absolute atomic E-state index is 12.7. The number of amides is 2. The van der Waals surface area contributed by atoms with Crippen LogP contribution in [0.1, 0.15) is 71.9 Å². The van der Waals surface area contributed by atoms with Gasteiger partial charge in [-0.3, -0.25) is 9.59 Å². The van der Waals surface area contributed by atoms with Gasteiger partial charge >= 0.3 is 7.12 Å². The summed E-state index contributed by atoms with van der Waals surface area (Å²) >= 11 is 0. The minimum absolute atomic E-state index is 0.206. The van der Waals surface area contributed by atoms with Gasteiger partial charge in [0.2, 0.25) is 11.8 Å². The lowest BCUT2D eigenvalue weighted by molar-refractivity contribution is -0.130. The van der Waals surface area contributed by atoms with E-state index in [0.717, 1.165) is 19.3 Å². The number of hydrogen-bond acceptors (Lipinski definition) is 5. The van der Waals surface area contributed by atoms with Gasteiger partial charge in [-0.1, -0.05) is 65.8 Å². The van der Waals surface area contributed by atoms with E-state index in [1.54, 1.807) is 0 Å². The molecule has 3 rings (SSSR count). The van der Waals surface area contributed by atoms with Crippen molar-refractivity contribution in [3.8, 4) is 0 Å². The van der Waals surface area contributed by atoms with E-state index in [0.29, 0.717) is 32.0 Å². The summed E-state index contributed by atoms with van der Waals surface area (Å²) in [5, 5.41) is 15.3. The van der Waals surface area contributed by atoms with E-state index in [-0.39, 0.29) is 17.8 Å². The normalized spacial score (nSPS) is 18.5. The van der Waals surface area contributed by atoms with Gasteiger partial charge in [0.15, 0.2) is 0 Å². The Kier molecular flexibility index (Phi) is 14.8. The van der Waals surface area contributed by atoms with Crippen LogP contribution in [0.2, 0.25) is 0 Å². The molecular weight excluding hydrogens is 431 g/mol. The highest BCUT2D eigenvalue weighted by Gasteiger charge is 2.37. The quantitative estimate of drug-likeness (QED) is 0.475. The number of carbonyl (C=O) groups is 2. The fourth-order valence-electron chi connectivity index (χ4n) is 4.30. The molecule has 1 aromatic rings. The molecule has 0 spiro atoms. The summed E-state index contributed by atoms with van der Waals surface area (Å²) in [4.78, 5) is 25.3. The first kappa shape index (κ1) is 30.1. The molecule has 34 heavy (non-hydrogen) atoms. The van der Waals surface area contributed by atoms with Gasteiger partial charge in [0.25, 0.3) is 0 Å². The molecule has 2 aliphatic rings. The third kappa shape index (κ3) is 9.76. The average molecular weight is 476 g/mol. The predicted octanol–water partition coefficient (Wildman–Crippen LogP) is 3.32. The van der Waals surface area contributed by atoms with E-state index >= 15 is 0 Å². The first-order chi connectivity index (χ1) is 16.5. The molecule has 1 fully saturated rings. The molecule has 1 aliphatic carbocycles. The van der Waals surface area contributed by atoms with E-state index in [2.05, 4.69) is 36.6 Å². The number of benzene rings is 1. The van der Waals surface area contributed by atoms with Gasteiger partial charge in [-0.05, 0) is 48.6 Å². The predicted molar refractivity (Wildman–Crippen MR) is 137 cm³/mol. The molecule has 0 aromatic heterocycles. The average Bonchev–Trinajstić information content (AvgIpc) is 3.39. The monoisotopic (exact) mass is 476 g/mol. The highest BCUT2D eigenvalue weighted by Crippen LogP contribution is 2.27. The maximum atomic E-state index is 12.7. The van der Waals surface area contributed by atoms with Crippen molar-refractivity contribution in [1.82, 2.24) is 10.6 Å². The lowest BCUT2D eigenvalue weighted by atomic mass is 9.74. The smallest absolute Gasteiger partial charge is 0.407 e. The van der Waals surface area contributed by atoms with Crippen LogP contribution in [0.15, 0.2) is 24.3 Å². The third-order valence-corrected chi connectivity index (χ3v) is 5.79. The van der Waals surface area contributed by atoms with Gasteiger partial charge in [0.1, 0.15) is 6.04 Å². The van der Waals surface area contributed by atoms with Crippen LogP contribution >= 0.6 is 0 Å². The van der Waals surface area contributed by atoms with Crippen molar-refractivity contribution < 1.29 is 24.0 Å². The first-order valence-corrected chi connectivity index (χ1v) is 13.0. The van der Waals surface area contributed by atoms with Crippen LogP contribution in [-0.2, 0) is 31.7 Å². The number of aliphatic hydroxyl groups excluding tert-OH is 1. The Labute approximate surface area is 206 Å². The topological polar surface area (TPSA) is 96.9 Å². The summed E-state index contributed by atoms with van der Waals surface area (Å²) in [6.45, 7) is 12.7. The van der Waals surface area contributed by atoms with E-state index in [9.17, 15) is 14.7 Å². The highest BCUT2D eigenvalue weighted by atomic mass is 16.6. The molecule has 0 saturated carbocycles. The van der Waals surface area contributed by atoms with E-state index in [4.69, 9.17) is 9.31 Å². The Morgan fingerprint density at radius 2 is 1.68 bits per heavy atom. The largest absolute Gasteiger partial charge is 0.481 e. The van der Waals surface area contributed by atoms with Crippen molar-refractivity contribution in [3.63, 3.8) is 0 Å². The molecule has 1 heterocycles. The molecule has 0 bridgehead atoms. The zero-order valence-corrected chi connectivity index (χ0v) is 21.9. The lowest BCUT2D eigenvalue weighted by Gasteiger charge is -2.26. The number of hydrogen-bond donors (Lipinski definition) is 3. The molecule has 3 N–H and O–H groups in total.